The lowest BCUT2D eigenvalue weighted by atomic mass is 9.65. The van der Waals surface area contributed by atoms with Crippen LogP contribution >= 0.6 is 0 Å². The molecule has 0 aromatic heterocycles. The summed E-state index contributed by atoms with van der Waals surface area (Å²) < 4.78 is 10.8. The van der Waals surface area contributed by atoms with E-state index >= 15 is 0 Å². The summed E-state index contributed by atoms with van der Waals surface area (Å²) in [6, 6.07) is 0. The summed E-state index contributed by atoms with van der Waals surface area (Å²) in [5.74, 6) is 0. The Morgan fingerprint density at radius 2 is 1.92 bits per heavy atom. The average Bonchev–Trinajstić information content (AvgIpc) is 2.03. The molecule has 2 rings (SSSR count). The summed E-state index contributed by atoms with van der Waals surface area (Å²) in [6.45, 7) is 9.06. The Morgan fingerprint density at radius 3 is 2.31 bits per heavy atom. The Hall–Kier alpha value is -0.0800. The molecule has 0 aromatic carbocycles. The molecule has 2 heteroatoms. The highest BCUT2D eigenvalue weighted by molar-refractivity contribution is 4.98. The highest BCUT2D eigenvalue weighted by Crippen LogP contribution is 2.48. The molecule has 0 radical (unpaired) electrons. The molecule has 0 aromatic rings. The Kier molecular flexibility index (Phi) is 4.20. The monoisotopic (exact) mass is 186 g/mol. The second-order valence-electron chi connectivity index (χ2n) is 3.89. The van der Waals surface area contributed by atoms with Crippen molar-refractivity contribution in [3.63, 3.8) is 0 Å². The van der Waals surface area contributed by atoms with Gasteiger partial charge in [-0.05, 0) is 19.3 Å². The Morgan fingerprint density at radius 1 is 1.31 bits per heavy atom. The third kappa shape index (κ3) is 2.44. The summed E-state index contributed by atoms with van der Waals surface area (Å²) in [7, 11) is 0. The van der Waals surface area contributed by atoms with Gasteiger partial charge < -0.3 is 9.47 Å². The van der Waals surface area contributed by atoms with E-state index in [4.69, 9.17) is 9.47 Å². The molecule has 1 saturated carbocycles. The molecule has 2 aliphatic rings. The maximum Gasteiger partial charge on any atom is 0.0589 e. The second kappa shape index (κ2) is 4.97. The molecule has 0 unspecified atom stereocenters. The SMILES string of the molecule is CC.CCCOC1CC2(COC2)C1. The lowest BCUT2D eigenvalue weighted by Gasteiger charge is -2.52. The number of ether oxygens (including phenoxy) is 2. The molecule has 1 aliphatic heterocycles. The Bertz CT molecular complexity index is 133. The van der Waals surface area contributed by atoms with Crippen molar-refractivity contribution in [2.75, 3.05) is 19.8 Å². The lowest BCUT2D eigenvalue weighted by molar-refractivity contribution is -0.209. The predicted octanol–water partition coefficient (Wildman–Crippen LogP) is 2.62. The molecule has 2 fully saturated rings. The van der Waals surface area contributed by atoms with Gasteiger partial charge in [0, 0.05) is 12.0 Å². The second-order valence-corrected chi connectivity index (χ2v) is 3.89. The summed E-state index contributed by atoms with van der Waals surface area (Å²) in [5, 5.41) is 0. The van der Waals surface area contributed by atoms with E-state index < -0.39 is 0 Å². The fraction of sp³-hybridized carbons (Fsp3) is 1.00. The van der Waals surface area contributed by atoms with Crippen LogP contribution < -0.4 is 0 Å². The fourth-order valence-corrected chi connectivity index (χ4v) is 1.93. The van der Waals surface area contributed by atoms with Gasteiger partial charge in [-0.1, -0.05) is 20.8 Å². The van der Waals surface area contributed by atoms with Crippen molar-refractivity contribution in [2.24, 2.45) is 5.41 Å². The standard InChI is InChI=1S/C9H16O2.C2H6/c1-2-3-11-8-4-9(5-8)6-10-7-9;1-2/h8H,2-7H2,1H3;1-2H3. The molecule has 1 heterocycles. The lowest BCUT2D eigenvalue weighted by Crippen LogP contribution is -2.55. The molecule has 1 saturated heterocycles. The van der Waals surface area contributed by atoms with Gasteiger partial charge in [-0.3, -0.25) is 0 Å². The number of rotatable bonds is 3. The summed E-state index contributed by atoms with van der Waals surface area (Å²) in [6.07, 6.45) is 4.18. The summed E-state index contributed by atoms with van der Waals surface area (Å²) >= 11 is 0. The van der Waals surface area contributed by atoms with E-state index in [2.05, 4.69) is 6.92 Å². The van der Waals surface area contributed by atoms with Gasteiger partial charge in [0.2, 0.25) is 0 Å². The zero-order valence-corrected chi connectivity index (χ0v) is 9.14. The molecule has 78 valence electrons. The first-order valence-corrected chi connectivity index (χ1v) is 5.54. The normalized spacial score (nSPS) is 24.2. The van der Waals surface area contributed by atoms with Gasteiger partial charge in [-0.25, -0.2) is 0 Å². The minimum Gasteiger partial charge on any atom is -0.380 e. The van der Waals surface area contributed by atoms with Crippen LogP contribution in [0.1, 0.15) is 40.0 Å². The zero-order chi connectivity index (χ0) is 9.73. The van der Waals surface area contributed by atoms with E-state index in [-0.39, 0.29) is 0 Å². The van der Waals surface area contributed by atoms with E-state index in [9.17, 15) is 0 Å². The maximum atomic E-state index is 5.60. The topological polar surface area (TPSA) is 18.5 Å². The van der Waals surface area contributed by atoms with Crippen LogP contribution in [0.5, 0.6) is 0 Å². The first-order valence-electron chi connectivity index (χ1n) is 5.54. The molecule has 13 heavy (non-hydrogen) atoms. The summed E-state index contributed by atoms with van der Waals surface area (Å²) in [5.41, 5.74) is 0.568. The van der Waals surface area contributed by atoms with Gasteiger partial charge in [0.15, 0.2) is 0 Å². The molecule has 0 amide bonds. The minimum absolute atomic E-state index is 0.554. The fourth-order valence-electron chi connectivity index (χ4n) is 1.93. The van der Waals surface area contributed by atoms with Gasteiger partial charge >= 0.3 is 0 Å². The average molecular weight is 186 g/mol. The van der Waals surface area contributed by atoms with Crippen LogP contribution in [0.4, 0.5) is 0 Å². The molecular weight excluding hydrogens is 164 g/mol. The molecule has 2 nitrogen and oxygen atoms in total. The van der Waals surface area contributed by atoms with Crippen LogP contribution in [-0.2, 0) is 9.47 Å². The van der Waals surface area contributed by atoms with Gasteiger partial charge in [0.05, 0.1) is 19.3 Å². The van der Waals surface area contributed by atoms with Crippen LogP contribution in [-0.4, -0.2) is 25.9 Å². The Balaban J connectivity index is 0.000000396. The highest BCUT2D eigenvalue weighted by Gasteiger charge is 2.50. The van der Waals surface area contributed by atoms with Crippen LogP contribution in [0, 0.1) is 5.41 Å². The molecule has 0 N–H and O–H groups in total. The molecule has 1 spiro atoms. The quantitative estimate of drug-likeness (QED) is 0.674. The van der Waals surface area contributed by atoms with Crippen molar-refractivity contribution in [3.05, 3.63) is 0 Å². The predicted molar refractivity (Wildman–Crippen MR) is 53.9 cm³/mol. The van der Waals surface area contributed by atoms with Crippen LogP contribution in [0.15, 0.2) is 0 Å². The third-order valence-corrected chi connectivity index (χ3v) is 2.70. The van der Waals surface area contributed by atoms with E-state index in [0.29, 0.717) is 11.5 Å². The van der Waals surface area contributed by atoms with Crippen LogP contribution in [0.25, 0.3) is 0 Å². The maximum absolute atomic E-state index is 5.60. The minimum atomic E-state index is 0.554. The molecule has 0 atom stereocenters. The van der Waals surface area contributed by atoms with E-state index in [1.807, 2.05) is 13.8 Å². The van der Waals surface area contributed by atoms with Gasteiger partial charge in [-0.15, -0.1) is 0 Å². The number of hydrogen-bond acceptors (Lipinski definition) is 2. The zero-order valence-electron chi connectivity index (χ0n) is 9.14. The molecular formula is C11H22O2. The Labute approximate surface area is 81.6 Å². The first kappa shape index (κ1) is 11.0. The highest BCUT2D eigenvalue weighted by atomic mass is 16.5. The molecule has 0 bridgehead atoms. The van der Waals surface area contributed by atoms with Crippen molar-refractivity contribution < 1.29 is 9.47 Å². The van der Waals surface area contributed by atoms with Crippen molar-refractivity contribution >= 4 is 0 Å². The van der Waals surface area contributed by atoms with E-state index in [0.717, 1.165) is 26.2 Å². The van der Waals surface area contributed by atoms with E-state index in [1.165, 1.54) is 12.8 Å². The molecule has 1 aliphatic carbocycles. The first-order chi connectivity index (χ1) is 6.35. The van der Waals surface area contributed by atoms with Crippen molar-refractivity contribution in [1.29, 1.82) is 0 Å². The summed E-state index contributed by atoms with van der Waals surface area (Å²) in [4.78, 5) is 0. The smallest absolute Gasteiger partial charge is 0.0589 e. The van der Waals surface area contributed by atoms with Crippen LogP contribution in [0.3, 0.4) is 0 Å². The van der Waals surface area contributed by atoms with Crippen molar-refractivity contribution in [1.82, 2.24) is 0 Å². The van der Waals surface area contributed by atoms with E-state index in [1.54, 1.807) is 0 Å². The number of hydrogen-bond donors (Lipinski definition) is 0. The largest absolute Gasteiger partial charge is 0.380 e. The third-order valence-electron chi connectivity index (χ3n) is 2.70. The van der Waals surface area contributed by atoms with Gasteiger partial charge in [0.1, 0.15) is 0 Å². The van der Waals surface area contributed by atoms with Crippen LogP contribution in [0.2, 0.25) is 0 Å². The van der Waals surface area contributed by atoms with Crippen molar-refractivity contribution in [2.45, 2.75) is 46.1 Å². The van der Waals surface area contributed by atoms with Gasteiger partial charge in [0.25, 0.3) is 0 Å². The van der Waals surface area contributed by atoms with Gasteiger partial charge in [-0.2, -0.15) is 0 Å². The van der Waals surface area contributed by atoms with Crippen molar-refractivity contribution in [3.8, 4) is 0 Å².